The van der Waals surface area contributed by atoms with E-state index in [1.807, 2.05) is 0 Å². The number of rotatable bonds is 10. The quantitative estimate of drug-likeness (QED) is 0.485. The molecule has 0 spiro atoms. The number of anilines is 2. The molecule has 1 fully saturated rings. The number of piperidine rings is 1. The van der Waals surface area contributed by atoms with Crippen LogP contribution in [0.5, 0.6) is 17.2 Å². The molecular weight excluding hydrogens is 510 g/mol. The van der Waals surface area contributed by atoms with Crippen LogP contribution in [-0.4, -0.2) is 74.3 Å². The third-order valence-corrected chi connectivity index (χ3v) is 8.77. The van der Waals surface area contributed by atoms with Crippen LogP contribution in [0.4, 0.5) is 11.4 Å². The predicted octanol–water partition coefficient (Wildman–Crippen LogP) is 2.29. The van der Waals surface area contributed by atoms with E-state index in [1.165, 1.54) is 56.0 Å². The van der Waals surface area contributed by atoms with Crippen molar-refractivity contribution in [2.75, 3.05) is 56.8 Å². The highest BCUT2D eigenvalue weighted by Gasteiger charge is 2.30. The number of carbonyl (C=O) groups is 1. The molecule has 13 heteroatoms. The smallest absolute Gasteiger partial charge is 0.246 e. The maximum Gasteiger partial charge on any atom is 0.246 e. The van der Waals surface area contributed by atoms with E-state index >= 15 is 0 Å². The van der Waals surface area contributed by atoms with Gasteiger partial charge in [0.25, 0.3) is 0 Å². The molecule has 0 saturated carbocycles. The summed E-state index contributed by atoms with van der Waals surface area (Å²) in [6.45, 7) is 0.256. The molecule has 1 saturated heterocycles. The Balaban J connectivity index is 1.88. The van der Waals surface area contributed by atoms with Gasteiger partial charge in [-0.15, -0.1) is 0 Å². The average molecular weight is 542 g/mol. The fraction of sp³-hybridized carbons (Fsp3) is 0.435. The van der Waals surface area contributed by atoms with Crippen LogP contribution >= 0.6 is 0 Å². The third kappa shape index (κ3) is 6.20. The predicted molar refractivity (Wildman–Crippen MR) is 136 cm³/mol. The minimum absolute atomic E-state index is 0.0681. The van der Waals surface area contributed by atoms with Crippen LogP contribution in [0.15, 0.2) is 41.3 Å². The molecule has 2 aromatic rings. The summed E-state index contributed by atoms with van der Waals surface area (Å²) in [5, 5.41) is 2.59. The van der Waals surface area contributed by atoms with E-state index in [0.717, 1.165) is 29.8 Å². The highest BCUT2D eigenvalue weighted by molar-refractivity contribution is 7.92. The number of nitrogens with zero attached hydrogens (tertiary/aromatic N) is 2. The third-order valence-electron chi connectivity index (χ3n) is 5.72. The normalized spacial score (nSPS) is 14.7. The highest BCUT2D eigenvalue weighted by Crippen LogP contribution is 2.34. The second-order valence-electron chi connectivity index (χ2n) is 8.19. The first kappa shape index (κ1) is 27.6. The van der Waals surface area contributed by atoms with Crippen LogP contribution < -0.4 is 23.8 Å². The van der Waals surface area contributed by atoms with Gasteiger partial charge < -0.3 is 19.5 Å². The first-order valence-corrected chi connectivity index (χ1v) is 14.5. The first-order valence-electron chi connectivity index (χ1n) is 11.2. The summed E-state index contributed by atoms with van der Waals surface area (Å²) in [4.78, 5) is 12.8. The molecule has 1 aliphatic rings. The van der Waals surface area contributed by atoms with E-state index < -0.39 is 32.5 Å². The van der Waals surface area contributed by atoms with E-state index in [4.69, 9.17) is 14.2 Å². The monoisotopic (exact) mass is 541 g/mol. The molecule has 0 atom stereocenters. The fourth-order valence-electron chi connectivity index (χ4n) is 3.90. The lowest BCUT2D eigenvalue weighted by Crippen LogP contribution is -2.38. The number of nitrogens with one attached hydrogen (secondary N) is 1. The number of hydrogen-bond donors (Lipinski definition) is 1. The molecule has 0 bridgehead atoms. The lowest BCUT2D eigenvalue weighted by Gasteiger charge is -2.27. The van der Waals surface area contributed by atoms with Crippen LogP contribution in [0.25, 0.3) is 0 Å². The summed E-state index contributed by atoms with van der Waals surface area (Å²) >= 11 is 0. The van der Waals surface area contributed by atoms with Crippen LogP contribution in [-0.2, 0) is 24.8 Å². The van der Waals surface area contributed by atoms with Gasteiger partial charge in [-0.05, 0) is 43.2 Å². The first-order chi connectivity index (χ1) is 17.0. The van der Waals surface area contributed by atoms with Crippen molar-refractivity contribution in [1.82, 2.24) is 4.31 Å². The maximum absolute atomic E-state index is 13.2. The van der Waals surface area contributed by atoms with Gasteiger partial charge in [0, 0.05) is 24.8 Å². The molecule has 1 amide bonds. The number of sulfonamides is 2. The van der Waals surface area contributed by atoms with Crippen molar-refractivity contribution in [2.45, 2.75) is 24.2 Å². The number of benzene rings is 2. The SMILES string of the molecule is COc1ccc(N(CC(=O)Nc2ccc(OC)c(S(=O)(=O)N3CCCCC3)c2)S(C)(=O)=O)c(OC)c1. The molecule has 11 nitrogen and oxygen atoms in total. The molecule has 198 valence electrons. The molecule has 3 rings (SSSR count). The molecule has 1 aliphatic heterocycles. The van der Waals surface area contributed by atoms with E-state index in [2.05, 4.69) is 5.32 Å². The summed E-state index contributed by atoms with van der Waals surface area (Å²) in [6, 6.07) is 8.79. The molecule has 1 heterocycles. The van der Waals surface area contributed by atoms with Gasteiger partial charge in [0.1, 0.15) is 28.7 Å². The van der Waals surface area contributed by atoms with Crippen LogP contribution in [0.1, 0.15) is 19.3 Å². The lowest BCUT2D eigenvalue weighted by molar-refractivity contribution is -0.114. The molecule has 36 heavy (non-hydrogen) atoms. The Hall–Kier alpha value is -3.03. The summed E-state index contributed by atoms with van der Waals surface area (Å²) < 4.78 is 69.6. The van der Waals surface area contributed by atoms with Crippen molar-refractivity contribution in [3.63, 3.8) is 0 Å². The maximum atomic E-state index is 13.2. The molecule has 0 aliphatic carbocycles. The van der Waals surface area contributed by atoms with Crippen molar-refractivity contribution >= 4 is 37.3 Å². The number of methoxy groups -OCH3 is 3. The Kier molecular flexibility index (Phi) is 8.69. The Labute approximate surface area is 212 Å². The zero-order valence-corrected chi connectivity index (χ0v) is 22.3. The van der Waals surface area contributed by atoms with Gasteiger partial charge in [-0.25, -0.2) is 16.8 Å². The second kappa shape index (κ2) is 11.4. The van der Waals surface area contributed by atoms with Gasteiger partial charge in [-0.1, -0.05) is 6.42 Å². The van der Waals surface area contributed by atoms with Crippen molar-refractivity contribution < 1.29 is 35.8 Å². The Morgan fingerprint density at radius 1 is 0.917 bits per heavy atom. The number of amides is 1. The van der Waals surface area contributed by atoms with Gasteiger partial charge in [-0.2, -0.15) is 4.31 Å². The van der Waals surface area contributed by atoms with Crippen molar-refractivity contribution in [3.05, 3.63) is 36.4 Å². The lowest BCUT2D eigenvalue weighted by atomic mass is 10.2. The molecule has 0 aromatic heterocycles. The molecule has 0 unspecified atom stereocenters. The molecule has 1 N–H and O–H groups in total. The van der Waals surface area contributed by atoms with Gasteiger partial charge in [0.15, 0.2) is 0 Å². The summed E-state index contributed by atoms with van der Waals surface area (Å²) in [5.41, 5.74) is 0.338. The zero-order chi connectivity index (χ0) is 26.5. The molecule has 0 radical (unpaired) electrons. The van der Waals surface area contributed by atoms with E-state index in [1.54, 1.807) is 6.07 Å². The fourth-order valence-corrected chi connectivity index (χ4v) is 6.46. The van der Waals surface area contributed by atoms with Crippen molar-refractivity contribution in [3.8, 4) is 17.2 Å². The highest BCUT2D eigenvalue weighted by atomic mass is 32.2. The van der Waals surface area contributed by atoms with Gasteiger partial charge in [0.05, 0.1) is 33.3 Å². The zero-order valence-electron chi connectivity index (χ0n) is 20.7. The standard InChI is InChI=1S/C23H31N3O8S2/c1-32-18-9-10-19(21(15-18)34-3)26(35(4,28)29)16-23(27)24-17-8-11-20(33-2)22(14-17)36(30,31)25-12-6-5-7-13-25/h8-11,14-15H,5-7,12-13,16H2,1-4H3,(H,24,27). The van der Waals surface area contributed by atoms with Crippen LogP contribution in [0.2, 0.25) is 0 Å². The average Bonchev–Trinajstić information content (AvgIpc) is 2.86. The number of ether oxygens (including phenoxy) is 3. The summed E-state index contributed by atoms with van der Waals surface area (Å²) in [6.07, 6.45) is 3.48. The Morgan fingerprint density at radius 3 is 2.17 bits per heavy atom. The van der Waals surface area contributed by atoms with E-state index in [0.29, 0.717) is 18.8 Å². The summed E-state index contributed by atoms with van der Waals surface area (Å²) in [7, 11) is -3.52. The van der Waals surface area contributed by atoms with Crippen molar-refractivity contribution in [2.24, 2.45) is 0 Å². The van der Waals surface area contributed by atoms with E-state index in [-0.39, 0.29) is 27.8 Å². The minimum atomic E-state index is -3.88. The Morgan fingerprint density at radius 2 is 1.58 bits per heavy atom. The molecular formula is C23H31N3O8S2. The number of hydrogen-bond acceptors (Lipinski definition) is 8. The van der Waals surface area contributed by atoms with Gasteiger partial charge in [-0.3, -0.25) is 9.10 Å². The van der Waals surface area contributed by atoms with Crippen LogP contribution in [0, 0.1) is 0 Å². The Bertz CT molecular complexity index is 1310. The second-order valence-corrected chi connectivity index (χ2v) is 12.0. The van der Waals surface area contributed by atoms with Crippen LogP contribution in [0.3, 0.4) is 0 Å². The van der Waals surface area contributed by atoms with E-state index in [9.17, 15) is 21.6 Å². The number of carbonyl (C=O) groups excluding carboxylic acids is 1. The minimum Gasteiger partial charge on any atom is -0.497 e. The van der Waals surface area contributed by atoms with Gasteiger partial charge in [0.2, 0.25) is 26.0 Å². The van der Waals surface area contributed by atoms with Crippen molar-refractivity contribution in [1.29, 1.82) is 0 Å². The summed E-state index contributed by atoms with van der Waals surface area (Å²) in [5.74, 6) is 0.130. The topological polar surface area (TPSA) is 132 Å². The van der Waals surface area contributed by atoms with Gasteiger partial charge >= 0.3 is 0 Å². The largest absolute Gasteiger partial charge is 0.497 e. The molecule has 2 aromatic carbocycles.